The molecule has 22 heavy (non-hydrogen) atoms. The number of carbonyl (C=O) groups is 1. The number of aliphatic hydroxyl groups excluding tert-OH is 1. The number of likely N-dealkylation sites (N-methyl/N-ethyl adjacent to an activating group) is 1. The quantitative estimate of drug-likeness (QED) is 0.934. The van der Waals surface area contributed by atoms with E-state index in [4.69, 9.17) is 9.84 Å². The Kier molecular flexibility index (Phi) is 4.06. The number of rotatable bonds is 4. The van der Waals surface area contributed by atoms with Crippen LogP contribution in [0.15, 0.2) is 36.7 Å². The Morgan fingerprint density at radius 3 is 3.00 bits per heavy atom. The third-order valence-corrected chi connectivity index (χ3v) is 3.79. The van der Waals surface area contributed by atoms with E-state index in [9.17, 15) is 4.79 Å². The zero-order chi connectivity index (χ0) is 15.5. The summed E-state index contributed by atoms with van der Waals surface area (Å²) in [7, 11) is 1.66. The van der Waals surface area contributed by atoms with Gasteiger partial charge in [0.15, 0.2) is 0 Å². The third kappa shape index (κ3) is 2.80. The van der Waals surface area contributed by atoms with Crippen molar-refractivity contribution in [3.8, 4) is 16.9 Å². The van der Waals surface area contributed by atoms with Crippen molar-refractivity contribution in [2.45, 2.75) is 6.42 Å². The van der Waals surface area contributed by atoms with Crippen LogP contribution < -0.4 is 4.74 Å². The van der Waals surface area contributed by atoms with Crippen LogP contribution in [0.2, 0.25) is 0 Å². The second-order valence-corrected chi connectivity index (χ2v) is 5.33. The molecule has 0 saturated carbocycles. The Labute approximate surface area is 129 Å². The summed E-state index contributed by atoms with van der Waals surface area (Å²) in [6.45, 7) is 0.973. The van der Waals surface area contributed by atoms with Gasteiger partial charge in [-0.25, -0.2) is 0 Å². The SMILES string of the molecule is CN(CCO)C(=O)c1cncc(-c2ccc3c(c2)CCO3)c1. The molecule has 0 fully saturated rings. The van der Waals surface area contributed by atoms with Crippen LogP contribution in [0.1, 0.15) is 15.9 Å². The minimum absolute atomic E-state index is 0.0554. The minimum Gasteiger partial charge on any atom is -0.493 e. The summed E-state index contributed by atoms with van der Waals surface area (Å²) in [5.41, 5.74) is 3.63. The fraction of sp³-hybridized carbons (Fsp3) is 0.294. The lowest BCUT2D eigenvalue weighted by molar-refractivity contribution is 0.0766. The molecule has 114 valence electrons. The Hall–Kier alpha value is -2.40. The molecule has 1 N–H and O–H groups in total. The molecule has 1 aromatic carbocycles. The van der Waals surface area contributed by atoms with Crippen LogP contribution in [-0.4, -0.2) is 47.7 Å². The van der Waals surface area contributed by atoms with Crippen molar-refractivity contribution < 1.29 is 14.6 Å². The molecular weight excluding hydrogens is 280 g/mol. The number of pyridine rings is 1. The van der Waals surface area contributed by atoms with Gasteiger partial charge in [0.05, 0.1) is 18.8 Å². The van der Waals surface area contributed by atoms with Crippen LogP contribution in [0.3, 0.4) is 0 Å². The monoisotopic (exact) mass is 298 g/mol. The molecule has 0 aliphatic carbocycles. The predicted molar refractivity (Wildman–Crippen MR) is 82.9 cm³/mol. The first-order valence-electron chi connectivity index (χ1n) is 7.26. The van der Waals surface area contributed by atoms with Gasteiger partial charge < -0.3 is 14.7 Å². The fourth-order valence-corrected chi connectivity index (χ4v) is 2.55. The normalized spacial score (nSPS) is 12.6. The molecule has 1 aliphatic heterocycles. The highest BCUT2D eigenvalue weighted by Gasteiger charge is 2.15. The van der Waals surface area contributed by atoms with E-state index in [0.717, 1.165) is 29.9 Å². The molecule has 0 atom stereocenters. The Morgan fingerprint density at radius 2 is 2.18 bits per heavy atom. The maximum Gasteiger partial charge on any atom is 0.255 e. The molecule has 5 heteroatoms. The second-order valence-electron chi connectivity index (χ2n) is 5.33. The highest BCUT2D eigenvalue weighted by Crippen LogP contribution is 2.30. The molecule has 3 rings (SSSR count). The van der Waals surface area contributed by atoms with Gasteiger partial charge in [0, 0.05) is 38.0 Å². The summed E-state index contributed by atoms with van der Waals surface area (Å²) in [6.07, 6.45) is 4.21. The fourth-order valence-electron chi connectivity index (χ4n) is 2.55. The highest BCUT2D eigenvalue weighted by atomic mass is 16.5. The number of fused-ring (bicyclic) bond motifs is 1. The van der Waals surface area contributed by atoms with Crippen molar-refractivity contribution >= 4 is 5.91 Å². The van der Waals surface area contributed by atoms with Crippen molar-refractivity contribution in [3.05, 3.63) is 47.8 Å². The van der Waals surface area contributed by atoms with Crippen LogP contribution in [0.5, 0.6) is 5.75 Å². The van der Waals surface area contributed by atoms with Gasteiger partial charge in [0.1, 0.15) is 5.75 Å². The van der Waals surface area contributed by atoms with E-state index in [2.05, 4.69) is 11.1 Å². The third-order valence-electron chi connectivity index (χ3n) is 3.79. The zero-order valence-electron chi connectivity index (χ0n) is 12.5. The smallest absolute Gasteiger partial charge is 0.255 e. The van der Waals surface area contributed by atoms with Crippen LogP contribution in [0.25, 0.3) is 11.1 Å². The lowest BCUT2D eigenvalue weighted by atomic mass is 10.0. The molecule has 1 aromatic heterocycles. The van der Waals surface area contributed by atoms with E-state index in [1.165, 1.54) is 10.5 Å². The van der Waals surface area contributed by atoms with Crippen molar-refractivity contribution in [2.75, 3.05) is 26.8 Å². The number of carbonyl (C=O) groups excluding carboxylic acids is 1. The zero-order valence-corrected chi connectivity index (χ0v) is 12.5. The lowest BCUT2D eigenvalue weighted by Crippen LogP contribution is -2.29. The molecule has 0 unspecified atom stereocenters. The molecule has 2 aromatic rings. The van der Waals surface area contributed by atoms with Gasteiger partial charge in [0.25, 0.3) is 5.91 Å². The van der Waals surface area contributed by atoms with Crippen molar-refractivity contribution in [2.24, 2.45) is 0 Å². The average molecular weight is 298 g/mol. The van der Waals surface area contributed by atoms with E-state index in [0.29, 0.717) is 12.1 Å². The van der Waals surface area contributed by atoms with Crippen molar-refractivity contribution in [1.82, 2.24) is 9.88 Å². The first kappa shape index (κ1) is 14.5. The van der Waals surface area contributed by atoms with E-state index in [1.807, 2.05) is 18.2 Å². The molecule has 1 amide bonds. The number of nitrogens with zero attached hydrogens (tertiary/aromatic N) is 2. The number of amides is 1. The molecule has 0 spiro atoms. The van der Waals surface area contributed by atoms with Gasteiger partial charge in [-0.2, -0.15) is 0 Å². The number of aromatic nitrogens is 1. The number of ether oxygens (including phenoxy) is 1. The average Bonchev–Trinajstić information content (AvgIpc) is 3.02. The summed E-state index contributed by atoms with van der Waals surface area (Å²) < 4.78 is 5.51. The second kappa shape index (κ2) is 6.15. The number of aliphatic hydroxyl groups is 1. The Morgan fingerprint density at radius 1 is 1.32 bits per heavy atom. The summed E-state index contributed by atoms with van der Waals surface area (Å²) >= 11 is 0. The predicted octanol–water partition coefficient (Wildman–Crippen LogP) is 1.75. The summed E-state index contributed by atoms with van der Waals surface area (Å²) in [5.74, 6) is 0.791. The molecule has 2 heterocycles. The lowest BCUT2D eigenvalue weighted by Gasteiger charge is -2.15. The van der Waals surface area contributed by atoms with E-state index < -0.39 is 0 Å². The molecule has 0 radical (unpaired) electrons. The van der Waals surface area contributed by atoms with Crippen LogP contribution in [-0.2, 0) is 6.42 Å². The molecule has 5 nitrogen and oxygen atoms in total. The number of hydrogen-bond donors (Lipinski definition) is 1. The summed E-state index contributed by atoms with van der Waals surface area (Å²) in [6, 6.07) is 7.86. The van der Waals surface area contributed by atoms with Gasteiger partial charge in [-0.15, -0.1) is 0 Å². The first-order valence-corrected chi connectivity index (χ1v) is 7.26. The van der Waals surface area contributed by atoms with Crippen molar-refractivity contribution in [1.29, 1.82) is 0 Å². The van der Waals surface area contributed by atoms with Crippen LogP contribution >= 0.6 is 0 Å². The number of hydrogen-bond acceptors (Lipinski definition) is 4. The minimum atomic E-state index is -0.145. The maximum atomic E-state index is 12.3. The van der Waals surface area contributed by atoms with Gasteiger partial charge >= 0.3 is 0 Å². The largest absolute Gasteiger partial charge is 0.493 e. The molecule has 0 bridgehead atoms. The molecular formula is C17H18N2O3. The van der Waals surface area contributed by atoms with Gasteiger partial charge in [-0.05, 0) is 29.3 Å². The van der Waals surface area contributed by atoms with E-state index in [1.54, 1.807) is 19.4 Å². The van der Waals surface area contributed by atoms with Gasteiger partial charge in [-0.3, -0.25) is 9.78 Å². The van der Waals surface area contributed by atoms with Gasteiger partial charge in [-0.1, -0.05) is 6.07 Å². The molecule has 1 aliphatic rings. The van der Waals surface area contributed by atoms with E-state index in [-0.39, 0.29) is 12.5 Å². The first-order chi connectivity index (χ1) is 10.7. The van der Waals surface area contributed by atoms with E-state index >= 15 is 0 Å². The van der Waals surface area contributed by atoms with Crippen LogP contribution in [0, 0.1) is 0 Å². The maximum absolute atomic E-state index is 12.3. The van der Waals surface area contributed by atoms with Crippen molar-refractivity contribution in [3.63, 3.8) is 0 Å². The Balaban J connectivity index is 1.89. The van der Waals surface area contributed by atoms with Crippen LogP contribution in [0.4, 0.5) is 0 Å². The topological polar surface area (TPSA) is 62.7 Å². The standard InChI is InChI=1S/C17H18N2O3/c1-19(5-6-20)17(21)15-9-14(10-18-11-15)12-2-3-16-13(8-12)4-7-22-16/h2-3,8-11,20H,4-7H2,1H3. The highest BCUT2D eigenvalue weighted by molar-refractivity contribution is 5.95. The number of benzene rings is 1. The Bertz CT molecular complexity index is 700. The van der Waals surface area contributed by atoms with Gasteiger partial charge in [0.2, 0.25) is 0 Å². The molecule has 0 saturated heterocycles. The summed E-state index contributed by atoms with van der Waals surface area (Å²) in [5, 5.41) is 8.93. The summed E-state index contributed by atoms with van der Waals surface area (Å²) in [4.78, 5) is 17.9.